The predicted octanol–water partition coefficient (Wildman–Crippen LogP) is 3.10. The molecule has 0 aliphatic carbocycles. The summed E-state index contributed by atoms with van der Waals surface area (Å²) >= 11 is 0. The first-order chi connectivity index (χ1) is 12.2. The van der Waals surface area contributed by atoms with Gasteiger partial charge >= 0.3 is 0 Å². The van der Waals surface area contributed by atoms with Gasteiger partial charge < -0.3 is 5.32 Å². The van der Waals surface area contributed by atoms with E-state index in [4.69, 9.17) is 0 Å². The number of hydrogen-bond acceptors (Lipinski definition) is 3. The van der Waals surface area contributed by atoms with Crippen molar-refractivity contribution < 1.29 is 4.79 Å². The van der Waals surface area contributed by atoms with Crippen LogP contribution in [0.5, 0.6) is 0 Å². The second-order valence-corrected chi connectivity index (χ2v) is 6.87. The highest BCUT2D eigenvalue weighted by molar-refractivity contribution is 5.82. The molecule has 1 aromatic heterocycles. The zero-order chi connectivity index (χ0) is 17.5. The highest BCUT2D eigenvalue weighted by Crippen LogP contribution is 2.20. The minimum absolute atomic E-state index is 0.0129. The molecule has 1 aliphatic rings. The summed E-state index contributed by atoms with van der Waals surface area (Å²) in [6.45, 7) is 4.69. The molecule has 25 heavy (non-hydrogen) atoms. The average Bonchev–Trinajstić information content (AvgIpc) is 3.08. The number of hydrogen-bond donors (Lipinski definition) is 1. The Labute approximate surface area is 150 Å². The van der Waals surface area contributed by atoms with Crippen molar-refractivity contribution in [2.24, 2.45) is 0 Å². The molecule has 0 bridgehead atoms. The van der Waals surface area contributed by atoms with Gasteiger partial charge in [-0.1, -0.05) is 35.9 Å². The summed E-state index contributed by atoms with van der Waals surface area (Å²) in [5.74, 6) is 0.177. The van der Waals surface area contributed by atoms with E-state index < -0.39 is 0 Å². The van der Waals surface area contributed by atoms with Crippen LogP contribution in [-0.4, -0.2) is 34.9 Å². The molecular weight excluding hydrogens is 310 g/mol. The summed E-state index contributed by atoms with van der Waals surface area (Å²) in [7, 11) is 0. The van der Waals surface area contributed by atoms with Crippen LogP contribution in [0.1, 0.15) is 36.0 Å². The molecule has 1 unspecified atom stereocenters. The van der Waals surface area contributed by atoms with Gasteiger partial charge in [0.25, 0.3) is 0 Å². The summed E-state index contributed by atoms with van der Waals surface area (Å²) in [6, 6.07) is 12.6. The maximum atomic E-state index is 12.6. The van der Waals surface area contributed by atoms with Crippen LogP contribution >= 0.6 is 0 Å². The molecule has 132 valence electrons. The SMILES string of the molecule is Cc1cccc(CN2CCCC2C(=O)NCCCc2cccnc2)c1. The first-order valence-electron chi connectivity index (χ1n) is 9.18. The Bertz CT molecular complexity index is 687. The summed E-state index contributed by atoms with van der Waals surface area (Å²) < 4.78 is 0. The van der Waals surface area contributed by atoms with Crippen LogP contribution in [-0.2, 0) is 17.8 Å². The molecule has 3 rings (SSSR count). The molecule has 2 aromatic rings. The minimum atomic E-state index is 0.0129. The Morgan fingerprint density at radius 3 is 2.96 bits per heavy atom. The molecule has 1 saturated heterocycles. The normalized spacial score (nSPS) is 17.6. The first kappa shape index (κ1) is 17.6. The third kappa shape index (κ3) is 5.13. The molecule has 4 heteroatoms. The molecule has 1 aromatic carbocycles. The van der Waals surface area contributed by atoms with Crippen LogP contribution in [0.15, 0.2) is 48.8 Å². The average molecular weight is 337 g/mol. The van der Waals surface area contributed by atoms with Crippen LogP contribution in [0, 0.1) is 6.92 Å². The number of benzene rings is 1. The lowest BCUT2D eigenvalue weighted by Gasteiger charge is -2.24. The number of aryl methyl sites for hydroxylation is 2. The summed E-state index contributed by atoms with van der Waals surface area (Å²) in [6.07, 6.45) is 7.63. The van der Waals surface area contributed by atoms with E-state index in [0.29, 0.717) is 0 Å². The number of amides is 1. The zero-order valence-corrected chi connectivity index (χ0v) is 14.9. The number of likely N-dealkylation sites (tertiary alicyclic amines) is 1. The molecule has 1 N–H and O–H groups in total. The lowest BCUT2D eigenvalue weighted by Crippen LogP contribution is -2.43. The van der Waals surface area contributed by atoms with Crippen LogP contribution in [0.3, 0.4) is 0 Å². The Balaban J connectivity index is 1.45. The van der Waals surface area contributed by atoms with Gasteiger partial charge in [0.05, 0.1) is 6.04 Å². The van der Waals surface area contributed by atoms with Crippen molar-refractivity contribution in [2.45, 2.75) is 45.2 Å². The second-order valence-electron chi connectivity index (χ2n) is 6.87. The van der Waals surface area contributed by atoms with Crippen molar-refractivity contribution in [1.82, 2.24) is 15.2 Å². The molecule has 4 nitrogen and oxygen atoms in total. The van der Waals surface area contributed by atoms with E-state index in [1.807, 2.05) is 12.3 Å². The van der Waals surface area contributed by atoms with E-state index >= 15 is 0 Å². The van der Waals surface area contributed by atoms with Gasteiger partial charge in [0.1, 0.15) is 0 Å². The van der Waals surface area contributed by atoms with Gasteiger partial charge in [0.15, 0.2) is 0 Å². The first-order valence-corrected chi connectivity index (χ1v) is 9.18. The van der Waals surface area contributed by atoms with Crippen LogP contribution < -0.4 is 5.32 Å². The highest BCUT2D eigenvalue weighted by Gasteiger charge is 2.30. The third-order valence-electron chi connectivity index (χ3n) is 4.80. The van der Waals surface area contributed by atoms with Gasteiger partial charge in [-0.25, -0.2) is 0 Å². The molecule has 0 radical (unpaired) electrons. The molecule has 1 atom stereocenters. The zero-order valence-electron chi connectivity index (χ0n) is 14.9. The van der Waals surface area contributed by atoms with Gasteiger partial charge in [-0.3, -0.25) is 14.7 Å². The Morgan fingerprint density at radius 2 is 2.16 bits per heavy atom. The second kappa shape index (κ2) is 8.77. The van der Waals surface area contributed by atoms with Crippen molar-refractivity contribution in [3.63, 3.8) is 0 Å². The number of carbonyl (C=O) groups excluding carboxylic acids is 1. The molecule has 2 heterocycles. The lowest BCUT2D eigenvalue weighted by molar-refractivity contribution is -0.125. The molecule has 1 aliphatic heterocycles. The van der Waals surface area contributed by atoms with Crippen molar-refractivity contribution in [1.29, 1.82) is 0 Å². The number of pyridine rings is 1. The van der Waals surface area contributed by atoms with Gasteiger partial charge in [-0.2, -0.15) is 0 Å². The summed E-state index contributed by atoms with van der Waals surface area (Å²) in [5.41, 5.74) is 3.78. The largest absolute Gasteiger partial charge is 0.355 e. The molecule has 1 amide bonds. The van der Waals surface area contributed by atoms with Gasteiger partial charge in [-0.15, -0.1) is 0 Å². The van der Waals surface area contributed by atoms with Crippen LogP contribution in [0.25, 0.3) is 0 Å². The quantitative estimate of drug-likeness (QED) is 0.790. The molecule has 0 saturated carbocycles. The maximum Gasteiger partial charge on any atom is 0.237 e. The van der Waals surface area contributed by atoms with Gasteiger partial charge in [0, 0.05) is 25.5 Å². The van der Waals surface area contributed by atoms with Gasteiger partial charge in [-0.05, 0) is 56.3 Å². The van der Waals surface area contributed by atoms with Crippen molar-refractivity contribution >= 4 is 5.91 Å². The van der Waals surface area contributed by atoms with E-state index in [2.05, 4.69) is 52.5 Å². The monoisotopic (exact) mass is 337 g/mol. The Kier molecular flexibility index (Phi) is 6.18. The Hall–Kier alpha value is -2.20. The molecule has 1 fully saturated rings. The highest BCUT2D eigenvalue weighted by atomic mass is 16.2. The molecule has 0 spiro atoms. The third-order valence-corrected chi connectivity index (χ3v) is 4.80. The summed E-state index contributed by atoms with van der Waals surface area (Å²) in [4.78, 5) is 19.0. The lowest BCUT2D eigenvalue weighted by atomic mass is 10.1. The van der Waals surface area contributed by atoms with E-state index in [1.54, 1.807) is 6.20 Å². The van der Waals surface area contributed by atoms with Crippen LogP contribution in [0.2, 0.25) is 0 Å². The van der Waals surface area contributed by atoms with Gasteiger partial charge in [0.2, 0.25) is 5.91 Å². The number of nitrogens with one attached hydrogen (secondary N) is 1. The number of carbonyl (C=O) groups is 1. The summed E-state index contributed by atoms with van der Waals surface area (Å²) in [5, 5.41) is 3.12. The fourth-order valence-electron chi connectivity index (χ4n) is 3.53. The Morgan fingerprint density at radius 1 is 1.28 bits per heavy atom. The van der Waals surface area contributed by atoms with E-state index in [-0.39, 0.29) is 11.9 Å². The fourth-order valence-corrected chi connectivity index (χ4v) is 3.53. The van der Waals surface area contributed by atoms with E-state index in [1.165, 1.54) is 16.7 Å². The van der Waals surface area contributed by atoms with Crippen molar-refractivity contribution in [3.05, 3.63) is 65.5 Å². The van der Waals surface area contributed by atoms with Crippen molar-refractivity contribution in [3.8, 4) is 0 Å². The standard InChI is InChI=1S/C21H27N3O/c1-17-6-2-7-19(14-17)16-24-13-5-10-20(24)21(25)23-12-4-9-18-8-3-11-22-15-18/h2-3,6-8,11,14-15,20H,4-5,9-10,12-13,16H2,1H3,(H,23,25). The predicted molar refractivity (Wildman–Crippen MR) is 100 cm³/mol. The number of nitrogens with zero attached hydrogens (tertiary/aromatic N) is 2. The van der Waals surface area contributed by atoms with E-state index in [9.17, 15) is 4.79 Å². The maximum absolute atomic E-state index is 12.6. The van der Waals surface area contributed by atoms with Crippen molar-refractivity contribution in [2.75, 3.05) is 13.1 Å². The topological polar surface area (TPSA) is 45.2 Å². The van der Waals surface area contributed by atoms with E-state index in [0.717, 1.165) is 45.3 Å². The fraction of sp³-hybridized carbons (Fsp3) is 0.429. The van der Waals surface area contributed by atoms with Crippen LogP contribution in [0.4, 0.5) is 0 Å². The smallest absolute Gasteiger partial charge is 0.237 e. The molecular formula is C21H27N3O. The minimum Gasteiger partial charge on any atom is -0.355 e. The number of aromatic nitrogens is 1. The number of rotatable bonds is 7.